The second-order valence-corrected chi connectivity index (χ2v) is 32.0. The molecule has 0 saturated carbocycles. The Labute approximate surface area is 610 Å². The van der Waals surface area contributed by atoms with Crippen LogP contribution in [-0.4, -0.2) is 47.4 Å². The summed E-state index contributed by atoms with van der Waals surface area (Å²) in [5.74, 6) is 0.00874. The Morgan fingerprint density at radius 1 is 0.247 bits per heavy atom. The Hall–Kier alpha value is -1.14. The van der Waals surface area contributed by atoms with Crippen LogP contribution in [0, 0.1) is 0 Å². The number of unbranched alkanes of at least 4 members (excludes halogenated alkanes) is 77. The number of carbonyl (C=O) groups excluding carboxylic acids is 2. The maximum absolute atomic E-state index is 12.6. The minimum atomic E-state index is -0.660. The van der Waals surface area contributed by atoms with Gasteiger partial charge in [0.05, 0.1) is 25.4 Å². The highest BCUT2D eigenvalue weighted by molar-refractivity contribution is 5.76. The number of hydrogen-bond acceptors (Lipinski definition) is 5. The maximum Gasteiger partial charge on any atom is 0.305 e. The summed E-state index contributed by atoms with van der Waals surface area (Å²) in [7, 11) is 0. The van der Waals surface area contributed by atoms with Crippen LogP contribution in [0.25, 0.3) is 0 Å². The van der Waals surface area contributed by atoms with Crippen molar-refractivity contribution in [2.75, 3.05) is 13.2 Å². The fraction of sp³-hybridized carbons (Fsp3) is 0.978. The summed E-state index contributed by atoms with van der Waals surface area (Å²) in [6.07, 6.45) is 111. The zero-order chi connectivity index (χ0) is 69.8. The number of rotatable bonds is 88. The molecule has 97 heavy (non-hydrogen) atoms. The molecule has 1 amide bonds. The number of aliphatic hydroxyl groups is 2. The molecule has 0 spiro atoms. The van der Waals surface area contributed by atoms with Gasteiger partial charge in [0.2, 0.25) is 5.91 Å². The third-order valence-corrected chi connectivity index (χ3v) is 22.2. The van der Waals surface area contributed by atoms with Crippen LogP contribution in [-0.2, 0) is 14.3 Å². The lowest BCUT2D eigenvalue weighted by molar-refractivity contribution is -0.143. The van der Waals surface area contributed by atoms with Crippen LogP contribution in [0.4, 0.5) is 0 Å². The van der Waals surface area contributed by atoms with Crippen molar-refractivity contribution in [2.24, 2.45) is 0 Å². The monoisotopic (exact) mass is 1370 g/mol. The summed E-state index contributed by atoms with van der Waals surface area (Å²) in [5, 5.41) is 23.5. The average molecular weight is 1370 g/mol. The van der Waals surface area contributed by atoms with E-state index in [1.165, 1.54) is 475 Å². The SMILES string of the molecule is CCCCCCCCCCCCCCCCCCCCCCCCC(O)C(CO)NC(=O)CCCCCCCCCCCCCCCCCCCCCCCCCCCCCCCCCCCCCCCCCOC(=O)CCCCCCCCCCCCCCCCCCCCC. The number of carbonyl (C=O) groups is 2. The minimum absolute atomic E-state index is 0.0220. The van der Waals surface area contributed by atoms with Crippen LogP contribution in [0.3, 0.4) is 0 Å². The molecule has 0 heterocycles. The number of amides is 1. The molecule has 0 rings (SSSR count). The fourth-order valence-electron chi connectivity index (χ4n) is 15.2. The second-order valence-electron chi connectivity index (χ2n) is 32.0. The highest BCUT2D eigenvalue weighted by atomic mass is 16.5. The van der Waals surface area contributed by atoms with E-state index < -0.39 is 12.1 Å². The van der Waals surface area contributed by atoms with Crippen LogP contribution in [0.2, 0.25) is 0 Å². The fourth-order valence-corrected chi connectivity index (χ4v) is 15.2. The van der Waals surface area contributed by atoms with Gasteiger partial charge in [-0.05, 0) is 25.7 Å². The molecule has 580 valence electrons. The minimum Gasteiger partial charge on any atom is -0.466 e. The van der Waals surface area contributed by atoms with E-state index in [1.54, 1.807) is 0 Å². The van der Waals surface area contributed by atoms with Crippen molar-refractivity contribution in [3.63, 3.8) is 0 Å². The quantitative estimate of drug-likeness (QED) is 0.0417. The molecule has 0 aromatic heterocycles. The first-order valence-corrected chi connectivity index (χ1v) is 45.8. The van der Waals surface area contributed by atoms with E-state index >= 15 is 0 Å². The third-order valence-electron chi connectivity index (χ3n) is 22.2. The number of hydrogen-bond donors (Lipinski definition) is 3. The highest BCUT2D eigenvalue weighted by Crippen LogP contribution is 2.22. The van der Waals surface area contributed by atoms with Gasteiger partial charge in [0.25, 0.3) is 0 Å². The van der Waals surface area contributed by atoms with Gasteiger partial charge in [-0.25, -0.2) is 0 Å². The zero-order valence-electron chi connectivity index (χ0n) is 66.9. The largest absolute Gasteiger partial charge is 0.466 e. The van der Waals surface area contributed by atoms with Crippen LogP contribution in [0.5, 0.6) is 0 Å². The maximum atomic E-state index is 12.6. The molecule has 0 radical (unpaired) electrons. The predicted octanol–water partition coefficient (Wildman–Crippen LogP) is 30.8. The molecule has 3 N–H and O–H groups in total. The summed E-state index contributed by atoms with van der Waals surface area (Å²) in [6.45, 7) is 5.04. The lowest BCUT2D eigenvalue weighted by atomic mass is 10.0. The summed E-state index contributed by atoms with van der Waals surface area (Å²) in [4.78, 5) is 24.7. The third kappa shape index (κ3) is 83.7. The van der Waals surface area contributed by atoms with Crippen molar-refractivity contribution < 1.29 is 24.5 Å². The van der Waals surface area contributed by atoms with Gasteiger partial charge in [0.15, 0.2) is 0 Å². The van der Waals surface area contributed by atoms with E-state index in [4.69, 9.17) is 4.74 Å². The van der Waals surface area contributed by atoms with Crippen molar-refractivity contribution in [3.8, 4) is 0 Å². The normalized spacial score (nSPS) is 12.3. The van der Waals surface area contributed by atoms with Gasteiger partial charge < -0.3 is 20.3 Å². The molecule has 0 bridgehead atoms. The first-order chi connectivity index (χ1) is 48.0. The van der Waals surface area contributed by atoms with Gasteiger partial charge in [-0.1, -0.05) is 508 Å². The molecule has 2 atom stereocenters. The second kappa shape index (κ2) is 87.3. The number of nitrogens with one attached hydrogen (secondary N) is 1. The molecule has 0 aromatic rings. The van der Waals surface area contributed by atoms with Gasteiger partial charge in [-0.3, -0.25) is 9.59 Å². The van der Waals surface area contributed by atoms with Gasteiger partial charge in [0, 0.05) is 12.8 Å². The topological polar surface area (TPSA) is 95.9 Å². The molecular weight excluding hydrogens is 1190 g/mol. The van der Waals surface area contributed by atoms with E-state index in [0.717, 1.165) is 38.5 Å². The van der Waals surface area contributed by atoms with E-state index in [-0.39, 0.29) is 18.5 Å². The first-order valence-electron chi connectivity index (χ1n) is 45.8. The Kier molecular flexibility index (Phi) is 86.2. The van der Waals surface area contributed by atoms with E-state index in [2.05, 4.69) is 19.2 Å². The van der Waals surface area contributed by atoms with E-state index in [9.17, 15) is 19.8 Å². The number of aliphatic hydroxyl groups excluding tert-OH is 2. The van der Waals surface area contributed by atoms with Gasteiger partial charge in [-0.2, -0.15) is 0 Å². The highest BCUT2D eigenvalue weighted by Gasteiger charge is 2.20. The van der Waals surface area contributed by atoms with Crippen molar-refractivity contribution >= 4 is 11.9 Å². The molecule has 0 aliphatic heterocycles. The van der Waals surface area contributed by atoms with Crippen LogP contribution >= 0.6 is 0 Å². The molecule has 0 fully saturated rings. The molecular formula is C91H181NO5. The van der Waals surface area contributed by atoms with E-state index in [1.807, 2.05) is 0 Å². The molecule has 6 nitrogen and oxygen atoms in total. The molecule has 0 aromatic carbocycles. The van der Waals surface area contributed by atoms with Gasteiger partial charge in [0.1, 0.15) is 0 Å². The zero-order valence-corrected chi connectivity index (χ0v) is 66.9. The standard InChI is InChI=1S/C91H181NO5/c1-3-5-7-9-11-13-15-17-19-21-23-24-44-48-51-55-59-63-67-71-75-79-83-89(94)88(87-93)92-90(95)84-80-76-72-68-64-60-56-52-49-45-42-40-38-36-34-32-30-28-26-25-27-29-31-33-35-37-39-41-43-46-50-54-58-62-66-70-74-78-82-86-97-91(96)85-81-77-73-69-65-61-57-53-47-22-20-18-16-14-12-10-8-6-4-2/h88-89,93-94H,3-87H2,1-2H3,(H,92,95). The summed E-state index contributed by atoms with van der Waals surface area (Å²) in [6, 6.07) is -0.537. The van der Waals surface area contributed by atoms with Crippen LogP contribution in [0.1, 0.15) is 547 Å². The van der Waals surface area contributed by atoms with Crippen LogP contribution < -0.4 is 5.32 Å². The molecule has 2 unspecified atom stereocenters. The molecule has 6 heteroatoms. The van der Waals surface area contributed by atoms with Crippen molar-refractivity contribution in [1.29, 1.82) is 0 Å². The Bertz CT molecular complexity index is 1440. The Morgan fingerprint density at radius 3 is 0.629 bits per heavy atom. The van der Waals surface area contributed by atoms with E-state index in [0.29, 0.717) is 25.9 Å². The Morgan fingerprint density at radius 2 is 0.423 bits per heavy atom. The van der Waals surface area contributed by atoms with Crippen molar-refractivity contribution in [2.45, 2.75) is 559 Å². The summed E-state index contributed by atoms with van der Waals surface area (Å²) < 4.78 is 5.53. The molecule has 0 aliphatic rings. The van der Waals surface area contributed by atoms with Gasteiger partial charge >= 0.3 is 5.97 Å². The first kappa shape index (κ1) is 95.9. The lowest BCUT2D eigenvalue weighted by Gasteiger charge is -2.22. The average Bonchev–Trinajstić information content (AvgIpc) is 3.42. The smallest absolute Gasteiger partial charge is 0.305 e. The number of esters is 1. The lowest BCUT2D eigenvalue weighted by Crippen LogP contribution is -2.45. The Balaban J connectivity index is 3.28. The van der Waals surface area contributed by atoms with Gasteiger partial charge in [-0.15, -0.1) is 0 Å². The molecule has 0 saturated heterocycles. The van der Waals surface area contributed by atoms with Crippen molar-refractivity contribution in [3.05, 3.63) is 0 Å². The van der Waals surface area contributed by atoms with Crippen LogP contribution in [0.15, 0.2) is 0 Å². The summed E-state index contributed by atoms with van der Waals surface area (Å²) >= 11 is 0. The number of ether oxygens (including phenoxy) is 1. The molecule has 0 aliphatic carbocycles. The predicted molar refractivity (Wildman–Crippen MR) is 431 cm³/mol. The summed E-state index contributed by atoms with van der Waals surface area (Å²) in [5.41, 5.74) is 0. The van der Waals surface area contributed by atoms with Crippen molar-refractivity contribution in [1.82, 2.24) is 5.32 Å².